The van der Waals surface area contributed by atoms with Crippen molar-refractivity contribution in [2.24, 2.45) is 17.6 Å². The van der Waals surface area contributed by atoms with Gasteiger partial charge in [-0.15, -0.1) is 0 Å². The van der Waals surface area contributed by atoms with E-state index in [1.54, 1.807) is 19.9 Å². The molecule has 0 saturated carbocycles. The number of hydrogen-bond acceptors (Lipinski definition) is 10. The molecule has 2 N–H and O–H groups in total. The number of ether oxygens (including phenoxy) is 5. The average molecular weight is 552 g/mol. The normalized spacial score (nSPS) is 13.4. The second-order valence-corrected chi connectivity index (χ2v) is 10.6. The summed E-state index contributed by atoms with van der Waals surface area (Å²) >= 11 is 0. The van der Waals surface area contributed by atoms with Crippen LogP contribution in [0.2, 0.25) is 0 Å². The van der Waals surface area contributed by atoms with E-state index in [-0.39, 0.29) is 43.5 Å². The molecule has 0 fully saturated rings. The van der Waals surface area contributed by atoms with Gasteiger partial charge in [0.2, 0.25) is 0 Å². The fourth-order valence-corrected chi connectivity index (χ4v) is 3.13. The van der Waals surface area contributed by atoms with Crippen molar-refractivity contribution < 1.29 is 42.9 Å². The Kier molecular flexibility index (Phi) is 15.2. The highest BCUT2D eigenvalue weighted by atomic mass is 16.7. The van der Waals surface area contributed by atoms with Crippen LogP contribution in [0.4, 0.5) is 4.79 Å². The molecule has 0 radical (unpaired) electrons. The Labute approximate surface area is 231 Å². The van der Waals surface area contributed by atoms with E-state index in [4.69, 9.17) is 29.4 Å². The minimum absolute atomic E-state index is 0.0700. The van der Waals surface area contributed by atoms with E-state index >= 15 is 0 Å². The van der Waals surface area contributed by atoms with Crippen molar-refractivity contribution in [3.05, 3.63) is 23.8 Å². The van der Waals surface area contributed by atoms with Crippen molar-refractivity contribution in [2.75, 3.05) is 6.61 Å². The third-order valence-electron chi connectivity index (χ3n) is 5.69. The van der Waals surface area contributed by atoms with Crippen LogP contribution in [0.3, 0.4) is 0 Å². The second kappa shape index (κ2) is 17.4. The van der Waals surface area contributed by atoms with E-state index in [1.807, 2.05) is 34.6 Å². The van der Waals surface area contributed by atoms with Crippen LogP contribution in [0.5, 0.6) is 11.5 Å². The molecule has 0 amide bonds. The third kappa shape index (κ3) is 14.6. The Morgan fingerprint density at radius 3 is 1.90 bits per heavy atom. The summed E-state index contributed by atoms with van der Waals surface area (Å²) in [4.78, 5) is 48.9. The van der Waals surface area contributed by atoms with E-state index < -0.39 is 36.2 Å². The molecule has 220 valence electrons. The van der Waals surface area contributed by atoms with Crippen LogP contribution in [0.1, 0.15) is 86.1 Å². The lowest BCUT2D eigenvalue weighted by molar-refractivity contribution is -0.152. The molecule has 0 aliphatic carbocycles. The van der Waals surface area contributed by atoms with Crippen molar-refractivity contribution in [2.45, 2.75) is 105 Å². The van der Waals surface area contributed by atoms with Gasteiger partial charge in [-0.2, -0.15) is 0 Å². The largest absolute Gasteiger partial charge is 0.508 e. The molecule has 0 aliphatic rings. The van der Waals surface area contributed by atoms with Crippen molar-refractivity contribution in [3.8, 4) is 11.5 Å². The number of esters is 3. The average Bonchev–Trinajstić information content (AvgIpc) is 2.86. The minimum Gasteiger partial charge on any atom is -0.458 e. The highest BCUT2D eigenvalue weighted by Gasteiger charge is 2.22. The van der Waals surface area contributed by atoms with Gasteiger partial charge in [0, 0.05) is 12.8 Å². The van der Waals surface area contributed by atoms with Crippen LogP contribution in [-0.4, -0.2) is 48.9 Å². The van der Waals surface area contributed by atoms with Gasteiger partial charge in [-0.1, -0.05) is 40.7 Å². The summed E-state index contributed by atoms with van der Waals surface area (Å²) in [5, 5.41) is 0. The second-order valence-electron chi connectivity index (χ2n) is 10.6. The zero-order valence-electron chi connectivity index (χ0n) is 24.3. The molecule has 1 rings (SSSR count). The van der Waals surface area contributed by atoms with Crippen LogP contribution >= 0.6 is 0 Å². The minimum atomic E-state index is -1.04. The SMILES string of the molecule is CCC(C)OC(=O)OC[C@H](C)OC(=O)[C@@H](N)Cc1ccc(OC(=O)CCC(C)C)c(OC(=O)CCC(C)C)c1. The maximum Gasteiger partial charge on any atom is 0.508 e. The molecule has 0 aliphatic heterocycles. The molecule has 0 spiro atoms. The van der Waals surface area contributed by atoms with E-state index in [0.717, 1.165) is 0 Å². The highest BCUT2D eigenvalue weighted by Crippen LogP contribution is 2.30. The zero-order valence-corrected chi connectivity index (χ0v) is 24.3. The first-order valence-corrected chi connectivity index (χ1v) is 13.6. The molecular formula is C29H45NO9. The molecule has 1 aromatic rings. The van der Waals surface area contributed by atoms with Gasteiger partial charge in [0.05, 0.1) is 0 Å². The maximum absolute atomic E-state index is 12.5. The Hall–Kier alpha value is -3.14. The van der Waals surface area contributed by atoms with Crippen molar-refractivity contribution in [1.29, 1.82) is 0 Å². The first-order chi connectivity index (χ1) is 18.3. The molecule has 0 heterocycles. The van der Waals surface area contributed by atoms with Gasteiger partial charge in [-0.3, -0.25) is 14.4 Å². The van der Waals surface area contributed by atoms with Crippen molar-refractivity contribution in [1.82, 2.24) is 0 Å². The number of carbonyl (C=O) groups is 4. The van der Waals surface area contributed by atoms with E-state index in [9.17, 15) is 19.2 Å². The van der Waals surface area contributed by atoms with E-state index in [0.29, 0.717) is 36.7 Å². The molecule has 10 nitrogen and oxygen atoms in total. The van der Waals surface area contributed by atoms with Crippen LogP contribution in [0.15, 0.2) is 18.2 Å². The first kappa shape index (κ1) is 33.9. The summed E-state index contributed by atoms with van der Waals surface area (Å²) in [5.74, 6) is -0.717. The molecule has 0 saturated heterocycles. The van der Waals surface area contributed by atoms with Crippen molar-refractivity contribution >= 4 is 24.1 Å². The third-order valence-corrected chi connectivity index (χ3v) is 5.69. The van der Waals surface area contributed by atoms with Gasteiger partial charge in [0.15, 0.2) is 11.5 Å². The van der Waals surface area contributed by atoms with Gasteiger partial charge < -0.3 is 29.4 Å². The number of rotatable bonds is 16. The standard InChI is InChI=1S/C29H45NO9/c1-8-20(6)37-29(34)35-17-21(7)36-28(33)23(30)15-22-11-12-24(38-26(31)13-9-18(2)3)25(16-22)39-27(32)14-10-19(4)5/h11-12,16,18-21,23H,8-10,13-15,17,30H2,1-7H3/t20?,21-,23-/m0/s1. The van der Waals surface area contributed by atoms with Gasteiger partial charge in [0.25, 0.3) is 0 Å². The predicted octanol–water partition coefficient (Wildman–Crippen LogP) is 5.12. The Balaban J connectivity index is 2.84. The highest BCUT2D eigenvalue weighted by molar-refractivity contribution is 5.77. The molecule has 1 unspecified atom stereocenters. The van der Waals surface area contributed by atoms with Gasteiger partial charge in [-0.25, -0.2) is 4.79 Å². The lowest BCUT2D eigenvalue weighted by Gasteiger charge is -2.18. The Morgan fingerprint density at radius 2 is 1.36 bits per heavy atom. The van der Waals surface area contributed by atoms with E-state index in [1.165, 1.54) is 12.1 Å². The van der Waals surface area contributed by atoms with Crippen LogP contribution < -0.4 is 15.2 Å². The first-order valence-electron chi connectivity index (χ1n) is 13.6. The molecule has 3 atom stereocenters. The monoisotopic (exact) mass is 551 g/mol. The fourth-order valence-electron chi connectivity index (χ4n) is 3.13. The lowest BCUT2D eigenvalue weighted by atomic mass is 10.1. The smallest absolute Gasteiger partial charge is 0.458 e. The van der Waals surface area contributed by atoms with E-state index in [2.05, 4.69) is 0 Å². The predicted molar refractivity (Wildman–Crippen MR) is 145 cm³/mol. The summed E-state index contributed by atoms with van der Waals surface area (Å²) in [6.07, 6.45) is 0.618. The van der Waals surface area contributed by atoms with Gasteiger partial charge in [0.1, 0.15) is 24.9 Å². The van der Waals surface area contributed by atoms with Crippen LogP contribution in [-0.2, 0) is 35.0 Å². The number of benzene rings is 1. The number of nitrogens with two attached hydrogens (primary N) is 1. The molecular weight excluding hydrogens is 506 g/mol. The number of carbonyl (C=O) groups excluding carboxylic acids is 4. The molecule has 39 heavy (non-hydrogen) atoms. The molecule has 0 aromatic heterocycles. The van der Waals surface area contributed by atoms with Gasteiger partial charge in [-0.05, 0) is 69.1 Å². The summed E-state index contributed by atoms with van der Waals surface area (Å²) in [6, 6.07) is 3.65. The number of hydrogen-bond donors (Lipinski definition) is 1. The summed E-state index contributed by atoms with van der Waals surface area (Å²) in [7, 11) is 0. The molecule has 1 aromatic carbocycles. The lowest BCUT2D eigenvalue weighted by Crippen LogP contribution is -2.37. The summed E-state index contributed by atoms with van der Waals surface area (Å²) in [6.45, 7) is 13.0. The Bertz CT molecular complexity index is 945. The zero-order chi connectivity index (χ0) is 29.5. The Morgan fingerprint density at radius 1 is 0.795 bits per heavy atom. The maximum atomic E-state index is 12.5. The summed E-state index contributed by atoms with van der Waals surface area (Å²) in [5.41, 5.74) is 6.63. The molecule has 10 heteroatoms. The molecule has 0 bridgehead atoms. The summed E-state index contributed by atoms with van der Waals surface area (Å²) < 4.78 is 26.3. The fraction of sp³-hybridized carbons (Fsp3) is 0.655. The topological polar surface area (TPSA) is 140 Å². The van der Waals surface area contributed by atoms with Gasteiger partial charge >= 0.3 is 24.1 Å². The van der Waals surface area contributed by atoms with Crippen molar-refractivity contribution in [3.63, 3.8) is 0 Å². The van der Waals surface area contributed by atoms with Crippen LogP contribution in [0, 0.1) is 11.8 Å². The quantitative estimate of drug-likeness (QED) is 0.217. The van der Waals surface area contributed by atoms with Crippen LogP contribution in [0.25, 0.3) is 0 Å².